The van der Waals surface area contributed by atoms with Crippen LogP contribution >= 0.6 is 0 Å². The van der Waals surface area contributed by atoms with Crippen molar-refractivity contribution in [1.29, 1.82) is 0 Å². The number of benzene rings is 1. The summed E-state index contributed by atoms with van der Waals surface area (Å²) >= 11 is 0. The fourth-order valence-electron chi connectivity index (χ4n) is 2.20. The molecule has 0 aliphatic heterocycles. The molecule has 1 heterocycles. The predicted octanol–water partition coefficient (Wildman–Crippen LogP) is 4.06. The number of aromatic nitrogens is 2. The van der Waals surface area contributed by atoms with Crippen LogP contribution in [0.15, 0.2) is 36.4 Å². The van der Waals surface area contributed by atoms with Crippen LogP contribution in [0.5, 0.6) is 0 Å². The zero-order chi connectivity index (χ0) is 18.5. The lowest BCUT2D eigenvalue weighted by Crippen LogP contribution is -2.17. The molecule has 0 fully saturated rings. The molecule has 0 unspecified atom stereocenters. The molecule has 0 saturated carbocycles. The lowest BCUT2D eigenvalue weighted by Gasteiger charge is -2.19. The summed E-state index contributed by atoms with van der Waals surface area (Å²) in [5.74, 6) is 0.871. The molecule has 2 aromatic rings. The van der Waals surface area contributed by atoms with E-state index in [1.165, 1.54) is 5.56 Å². The summed E-state index contributed by atoms with van der Waals surface area (Å²) in [5, 5.41) is 11.1. The van der Waals surface area contributed by atoms with E-state index in [0.717, 1.165) is 12.1 Å². The first-order valence-electron chi connectivity index (χ1n) is 8.41. The Balaban J connectivity index is 2.01. The molecule has 0 bridgehead atoms. The van der Waals surface area contributed by atoms with Crippen LogP contribution in [0, 0.1) is 0 Å². The van der Waals surface area contributed by atoms with Crippen LogP contribution in [0.2, 0.25) is 0 Å². The Morgan fingerprint density at radius 1 is 0.960 bits per heavy atom. The Kier molecular flexibility index (Phi) is 6.00. The summed E-state index contributed by atoms with van der Waals surface area (Å²) in [6.45, 7) is 8.45. The van der Waals surface area contributed by atoms with E-state index >= 15 is 0 Å². The highest BCUT2D eigenvalue weighted by Gasteiger charge is 2.13. The second-order valence-electron chi connectivity index (χ2n) is 7.03. The molecule has 0 spiro atoms. The Labute approximate surface area is 150 Å². The molecule has 2 rings (SSSR count). The third-order valence-electron chi connectivity index (χ3n) is 3.71. The third kappa shape index (κ3) is 6.01. The van der Waals surface area contributed by atoms with Gasteiger partial charge in [0, 0.05) is 5.69 Å². The third-order valence-corrected chi connectivity index (χ3v) is 5.06. The van der Waals surface area contributed by atoms with Crippen LogP contribution in [0.25, 0.3) is 0 Å². The van der Waals surface area contributed by atoms with Crippen LogP contribution in [-0.2, 0) is 15.4 Å². The van der Waals surface area contributed by atoms with Gasteiger partial charge in [-0.15, -0.1) is 10.2 Å². The standard InChI is InChI=1S/C18H26N4O2S/c1-5-6-13-25(23,24)22-17-12-11-16(20-21-17)19-15-9-7-14(8-10-15)18(2,3)4/h7-12H,5-6,13H2,1-4H3,(H,19,20)(H,21,22). The molecule has 0 amide bonds. The fourth-order valence-corrected chi connectivity index (χ4v) is 3.40. The molecule has 0 radical (unpaired) electrons. The van der Waals surface area contributed by atoms with Crippen molar-refractivity contribution in [3.63, 3.8) is 0 Å². The molecular weight excluding hydrogens is 336 g/mol. The van der Waals surface area contributed by atoms with Crippen LogP contribution in [-0.4, -0.2) is 24.4 Å². The van der Waals surface area contributed by atoms with E-state index in [1.54, 1.807) is 12.1 Å². The van der Waals surface area contributed by atoms with Gasteiger partial charge < -0.3 is 5.32 Å². The molecule has 1 aromatic carbocycles. The molecule has 0 saturated heterocycles. The second-order valence-corrected chi connectivity index (χ2v) is 8.87. The minimum absolute atomic E-state index is 0.0886. The smallest absolute Gasteiger partial charge is 0.233 e. The topological polar surface area (TPSA) is 84.0 Å². The van der Waals surface area contributed by atoms with Gasteiger partial charge in [-0.05, 0) is 41.7 Å². The minimum atomic E-state index is -3.36. The maximum atomic E-state index is 11.9. The number of hydrogen-bond acceptors (Lipinski definition) is 5. The largest absolute Gasteiger partial charge is 0.339 e. The SMILES string of the molecule is CCCCS(=O)(=O)Nc1ccc(Nc2ccc(C(C)(C)C)cc2)nn1. The van der Waals surface area contributed by atoms with E-state index in [2.05, 4.69) is 53.1 Å². The maximum Gasteiger partial charge on any atom is 0.233 e. The lowest BCUT2D eigenvalue weighted by atomic mass is 9.87. The highest BCUT2D eigenvalue weighted by atomic mass is 32.2. The molecule has 0 atom stereocenters. The monoisotopic (exact) mass is 362 g/mol. The minimum Gasteiger partial charge on any atom is -0.339 e. The summed E-state index contributed by atoms with van der Waals surface area (Å²) in [7, 11) is -3.36. The van der Waals surface area contributed by atoms with Crippen LogP contribution in [0.4, 0.5) is 17.3 Å². The zero-order valence-corrected chi connectivity index (χ0v) is 16.0. The Hall–Kier alpha value is -2.15. The van der Waals surface area contributed by atoms with E-state index in [9.17, 15) is 8.42 Å². The number of rotatable bonds is 7. The first-order valence-corrected chi connectivity index (χ1v) is 10.1. The molecule has 6 nitrogen and oxygen atoms in total. The lowest BCUT2D eigenvalue weighted by molar-refractivity contribution is 0.590. The summed E-state index contributed by atoms with van der Waals surface area (Å²) in [6.07, 6.45) is 1.44. The average Bonchev–Trinajstić information content (AvgIpc) is 2.54. The average molecular weight is 362 g/mol. The normalized spacial score (nSPS) is 12.0. The second kappa shape index (κ2) is 7.82. The van der Waals surface area contributed by atoms with Crippen LogP contribution in [0.1, 0.15) is 46.1 Å². The van der Waals surface area contributed by atoms with Gasteiger partial charge in [-0.25, -0.2) is 8.42 Å². The summed E-state index contributed by atoms with van der Waals surface area (Å²) < 4.78 is 26.1. The van der Waals surface area contributed by atoms with Crippen molar-refractivity contribution >= 4 is 27.3 Å². The van der Waals surface area contributed by atoms with Gasteiger partial charge in [-0.2, -0.15) is 0 Å². The Morgan fingerprint density at radius 2 is 1.56 bits per heavy atom. The molecule has 0 aliphatic rings. The summed E-state index contributed by atoms with van der Waals surface area (Å²) in [5.41, 5.74) is 2.26. The number of nitrogens with one attached hydrogen (secondary N) is 2. The first-order chi connectivity index (χ1) is 11.7. The Morgan fingerprint density at radius 3 is 2.08 bits per heavy atom. The molecule has 2 N–H and O–H groups in total. The van der Waals surface area contributed by atoms with E-state index in [0.29, 0.717) is 12.2 Å². The Bertz CT molecular complexity index is 779. The van der Waals surface area contributed by atoms with Crippen LogP contribution < -0.4 is 10.0 Å². The van der Waals surface area contributed by atoms with Crippen molar-refractivity contribution in [1.82, 2.24) is 10.2 Å². The van der Waals surface area contributed by atoms with Crippen molar-refractivity contribution in [2.24, 2.45) is 0 Å². The van der Waals surface area contributed by atoms with E-state index < -0.39 is 10.0 Å². The van der Waals surface area contributed by atoms with Gasteiger partial charge in [0.15, 0.2) is 11.6 Å². The highest BCUT2D eigenvalue weighted by Crippen LogP contribution is 2.24. The first kappa shape index (κ1) is 19.2. The molecule has 25 heavy (non-hydrogen) atoms. The zero-order valence-electron chi connectivity index (χ0n) is 15.2. The van der Waals surface area contributed by atoms with Crippen molar-refractivity contribution in [3.8, 4) is 0 Å². The summed E-state index contributed by atoms with van der Waals surface area (Å²) in [4.78, 5) is 0. The van der Waals surface area contributed by atoms with Crippen molar-refractivity contribution in [3.05, 3.63) is 42.0 Å². The molecule has 1 aromatic heterocycles. The number of unbranched alkanes of at least 4 members (excludes halogenated alkanes) is 1. The van der Waals surface area contributed by atoms with Gasteiger partial charge in [-0.3, -0.25) is 4.72 Å². The molecule has 0 aliphatic carbocycles. The van der Waals surface area contributed by atoms with Gasteiger partial charge >= 0.3 is 0 Å². The van der Waals surface area contributed by atoms with Gasteiger partial charge in [0.1, 0.15) is 0 Å². The van der Waals surface area contributed by atoms with Crippen molar-refractivity contribution < 1.29 is 8.42 Å². The van der Waals surface area contributed by atoms with Gasteiger partial charge in [-0.1, -0.05) is 46.2 Å². The van der Waals surface area contributed by atoms with Crippen molar-refractivity contribution in [2.45, 2.75) is 46.0 Å². The highest BCUT2D eigenvalue weighted by molar-refractivity contribution is 7.92. The molecular formula is C18H26N4O2S. The van der Waals surface area contributed by atoms with Crippen molar-refractivity contribution in [2.75, 3.05) is 15.8 Å². The number of hydrogen-bond donors (Lipinski definition) is 2. The number of anilines is 3. The molecule has 136 valence electrons. The van der Waals surface area contributed by atoms with Gasteiger partial charge in [0.05, 0.1) is 5.75 Å². The summed E-state index contributed by atoms with van der Waals surface area (Å²) in [6, 6.07) is 11.4. The number of sulfonamides is 1. The molecule has 7 heteroatoms. The van der Waals surface area contributed by atoms with E-state index in [-0.39, 0.29) is 17.0 Å². The quantitative estimate of drug-likeness (QED) is 0.776. The van der Waals surface area contributed by atoms with Gasteiger partial charge in [0.25, 0.3) is 0 Å². The van der Waals surface area contributed by atoms with Crippen LogP contribution in [0.3, 0.4) is 0 Å². The van der Waals surface area contributed by atoms with E-state index in [4.69, 9.17) is 0 Å². The fraction of sp³-hybridized carbons (Fsp3) is 0.444. The van der Waals surface area contributed by atoms with E-state index in [1.807, 2.05) is 19.1 Å². The number of nitrogens with zero attached hydrogens (tertiary/aromatic N) is 2. The predicted molar refractivity (Wildman–Crippen MR) is 103 cm³/mol. The maximum absolute atomic E-state index is 11.9. The van der Waals surface area contributed by atoms with Gasteiger partial charge in [0.2, 0.25) is 10.0 Å².